The molecule has 1 N–H and O–H groups in total. The molecule has 6 nitrogen and oxygen atoms in total. The topological polar surface area (TPSA) is 91.9 Å². The van der Waals surface area contributed by atoms with Crippen molar-refractivity contribution in [2.75, 3.05) is 23.9 Å². The third kappa shape index (κ3) is 3.92. The molecule has 90 valence electrons. The standard InChI is InChI=1S/C10H12N4O2S/c1-17-6-2-5-12-10-4-3-9(14(15)16)8(7-11)13-10/h3-4H,2,5-6H2,1H3,(H,12,13). The van der Waals surface area contributed by atoms with Crippen LogP contribution in [0.15, 0.2) is 12.1 Å². The van der Waals surface area contributed by atoms with E-state index in [0.717, 1.165) is 18.7 Å². The number of hydrogen-bond donors (Lipinski definition) is 1. The number of nitro groups is 1. The second-order valence-corrected chi connectivity index (χ2v) is 4.19. The first kappa shape index (κ1) is 13.3. The van der Waals surface area contributed by atoms with Crippen LogP contribution in [0.4, 0.5) is 11.5 Å². The minimum Gasteiger partial charge on any atom is -0.370 e. The molecular formula is C10H12N4O2S. The number of nitriles is 1. The Morgan fingerprint density at radius 3 is 3.00 bits per heavy atom. The average molecular weight is 252 g/mol. The molecule has 0 aliphatic heterocycles. The minimum atomic E-state index is -0.608. The predicted molar refractivity (Wildman–Crippen MR) is 67.1 cm³/mol. The molecule has 0 fully saturated rings. The van der Waals surface area contributed by atoms with Crippen LogP contribution in [-0.2, 0) is 0 Å². The summed E-state index contributed by atoms with van der Waals surface area (Å²) in [6, 6.07) is 4.53. The molecule has 17 heavy (non-hydrogen) atoms. The molecule has 0 unspecified atom stereocenters. The van der Waals surface area contributed by atoms with Gasteiger partial charge in [0, 0.05) is 12.6 Å². The first-order valence-corrected chi connectivity index (χ1v) is 6.36. The molecule has 0 amide bonds. The van der Waals surface area contributed by atoms with Crippen molar-refractivity contribution in [2.24, 2.45) is 0 Å². The van der Waals surface area contributed by atoms with Crippen LogP contribution in [0.2, 0.25) is 0 Å². The van der Waals surface area contributed by atoms with Crippen LogP contribution in [0, 0.1) is 21.4 Å². The van der Waals surface area contributed by atoms with Crippen LogP contribution in [0.3, 0.4) is 0 Å². The van der Waals surface area contributed by atoms with E-state index in [1.54, 1.807) is 17.8 Å². The van der Waals surface area contributed by atoms with Crippen LogP contribution in [0.25, 0.3) is 0 Å². The maximum Gasteiger partial charge on any atom is 0.305 e. The molecule has 0 radical (unpaired) electrons. The summed E-state index contributed by atoms with van der Waals surface area (Å²) < 4.78 is 0. The Hall–Kier alpha value is -1.81. The zero-order chi connectivity index (χ0) is 12.7. The Kier molecular flexibility index (Phi) is 5.23. The molecule has 0 saturated heterocycles. The number of hydrogen-bond acceptors (Lipinski definition) is 6. The predicted octanol–water partition coefficient (Wildman–Crippen LogP) is 2.03. The van der Waals surface area contributed by atoms with Crippen molar-refractivity contribution in [1.82, 2.24) is 4.98 Å². The van der Waals surface area contributed by atoms with Gasteiger partial charge in [-0.15, -0.1) is 0 Å². The second kappa shape index (κ2) is 6.70. The van der Waals surface area contributed by atoms with E-state index in [9.17, 15) is 10.1 Å². The Labute approximate surface area is 103 Å². The summed E-state index contributed by atoms with van der Waals surface area (Å²) in [5.74, 6) is 1.53. The molecule has 0 aliphatic carbocycles. The zero-order valence-electron chi connectivity index (χ0n) is 9.34. The minimum absolute atomic E-state index is 0.162. The van der Waals surface area contributed by atoms with Crippen LogP contribution < -0.4 is 5.32 Å². The maximum atomic E-state index is 10.6. The monoisotopic (exact) mass is 252 g/mol. The third-order valence-electron chi connectivity index (χ3n) is 2.01. The molecule has 0 saturated carbocycles. The molecular weight excluding hydrogens is 240 g/mol. The molecule has 1 aromatic heterocycles. The highest BCUT2D eigenvalue weighted by atomic mass is 32.2. The van der Waals surface area contributed by atoms with E-state index in [-0.39, 0.29) is 11.4 Å². The fourth-order valence-corrected chi connectivity index (χ4v) is 1.65. The van der Waals surface area contributed by atoms with Gasteiger partial charge in [-0.05, 0) is 24.5 Å². The summed E-state index contributed by atoms with van der Waals surface area (Å²) in [4.78, 5) is 13.9. The van der Waals surface area contributed by atoms with Crippen molar-refractivity contribution in [1.29, 1.82) is 5.26 Å². The first-order chi connectivity index (χ1) is 8.19. The fourth-order valence-electron chi connectivity index (χ4n) is 1.21. The molecule has 0 bridgehead atoms. The van der Waals surface area contributed by atoms with Crippen LogP contribution in [0.5, 0.6) is 0 Å². The number of aromatic nitrogens is 1. The molecule has 1 heterocycles. The van der Waals surface area contributed by atoms with Crippen molar-refractivity contribution in [3.8, 4) is 6.07 Å². The van der Waals surface area contributed by atoms with Gasteiger partial charge in [-0.3, -0.25) is 10.1 Å². The number of anilines is 1. The molecule has 1 rings (SSSR count). The van der Waals surface area contributed by atoms with Gasteiger partial charge in [0.15, 0.2) is 0 Å². The summed E-state index contributed by atoms with van der Waals surface area (Å²) in [6.07, 6.45) is 3.00. The maximum absolute atomic E-state index is 10.6. The van der Waals surface area contributed by atoms with Gasteiger partial charge >= 0.3 is 5.69 Å². The molecule has 1 aromatic rings. The molecule has 0 atom stereocenters. The molecule has 0 aromatic carbocycles. The lowest BCUT2D eigenvalue weighted by molar-refractivity contribution is -0.385. The van der Waals surface area contributed by atoms with Crippen molar-refractivity contribution >= 4 is 23.3 Å². The lowest BCUT2D eigenvalue weighted by atomic mass is 10.3. The van der Waals surface area contributed by atoms with Gasteiger partial charge in [0.25, 0.3) is 0 Å². The van der Waals surface area contributed by atoms with Crippen molar-refractivity contribution in [3.05, 3.63) is 27.9 Å². The van der Waals surface area contributed by atoms with Gasteiger partial charge in [0.2, 0.25) is 5.69 Å². The zero-order valence-corrected chi connectivity index (χ0v) is 10.2. The van der Waals surface area contributed by atoms with E-state index in [1.807, 2.05) is 6.26 Å². The SMILES string of the molecule is CSCCCNc1ccc([N+](=O)[O-])c(C#N)n1. The largest absolute Gasteiger partial charge is 0.370 e. The van der Waals surface area contributed by atoms with Gasteiger partial charge in [-0.25, -0.2) is 4.98 Å². The lowest BCUT2D eigenvalue weighted by Crippen LogP contribution is -2.06. The average Bonchev–Trinajstić information content (AvgIpc) is 2.34. The van der Waals surface area contributed by atoms with E-state index in [0.29, 0.717) is 5.82 Å². The molecule has 0 aliphatic rings. The summed E-state index contributed by atoms with van der Waals surface area (Å²) in [7, 11) is 0. The Balaban J connectivity index is 2.70. The molecule has 7 heteroatoms. The quantitative estimate of drug-likeness (QED) is 0.473. The van der Waals surface area contributed by atoms with E-state index in [1.165, 1.54) is 12.1 Å². The Morgan fingerprint density at radius 1 is 1.65 bits per heavy atom. The van der Waals surface area contributed by atoms with Gasteiger partial charge in [0.05, 0.1) is 4.92 Å². The Bertz CT molecular complexity index is 444. The van der Waals surface area contributed by atoms with Crippen molar-refractivity contribution in [2.45, 2.75) is 6.42 Å². The summed E-state index contributed by atoms with van der Waals surface area (Å²) in [5.41, 5.74) is -0.424. The van der Waals surface area contributed by atoms with Crippen LogP contribution in [0.1, 0.15) is 12.1 Å². The van der Waals surface area contributed by atoms with Gasteiger partial charge < -0.3 is 5.32 Å². The van der Waals surface area contributed by atoms with Crippen LogP contribution >= 0.6 is 11.8 Å². The van der Waals surface area contributed by atoms with Gasteiger partial charge in [-0.2, -0.15) is 17.0 Å². The number of thioether (sulfide) groups is 1. The summed E-state index contributed by atoms with van der Waals surface area (Å²) in [5, 5.41) is 22.4. The van der Waals surface area contributed by atoms with Gasteiger partial charge in [0.1, 0.15) is 11.9 Å². The van der Waals surface area contributed by atoms with E-state index in [2.05, 4.69) is 10.3 Å². The number of pyridine rings is 1. The van der Waals surface area contributed by atoms with E-state index in [4.69, 9.17) is 5.26 Å². The van der Waals surface area contributed by atoms with E-state index < -0.39 is 4.92 Å². The van der Waals surface area contributed by atoms with Crippen molar-refractivity contribution < 1.29 is 4.92 Å². The normalized spacial score (nSPS) is 9.65. The molecule has 0 spiro atoms. The van der Waals surface area contributed by atoms with Crippen molar-refractivity contribution in [3.63, 3.8) is 0 Å². The highest BCUT2D eigenvalue weighted by molar-refractivity contribution is 7.98. The van der Waals surface area contributed by atoms with E-state index >= 15 is 0 Å². The highest BCUT2D eigenvalue weighted by Gasteiger charge is 2.15. The second-order valence-electron chi connectivity index (χ2n) is 3.21. The highest BCUT2D eigenvalue weighted by Crippen LogP contribution is 2.17. The van der Waals surface area contributed by atoms with Gasteiger partial charge in [-0.1, -0.05) is 0 Å². The Morgan fingerprint density at radius 2 is 2.41 bits per heavy atom. The lowest BCUT2D eigenvalue weighted by Gasteiger charge is -2.04. The summed E-state index contributed by atoms with van der Waals surface area (Å²) in [6.45, 7) is 0.733. The number of nitrogens with one attached hydrogen (secondary N) is 1. The number of rotatable bonds is 6. The fraction of sp³-hybridized carbons (Fsp3) is 0.400. The van der Waals surface area contributed by atoms with Crippen LogP contribution in [-0.4, -0.2) is 28.5 Å². The number of nitrogens with zero attached hydrogens (tertiary/aromatic N) is 3. The third-order valence-corrected chi connectivity index (χ3v) is 2.70. The first-order valence-electron chi connectivity index (χ1n) is 4.97. The summed E-state index contributed by atoms with van der Waals surface area (Å²) >= 11 is 1.75. The smallest absolute Gasteiger partial charge is 0.305 e.